The van der Waals surface area contributed by atoms with E-state index in [0.29, 0.717) is 0 Å². The van der Waals surface area contributed by atoms with Crippen molar-refractivity contribution in [3.63, 3.8) is 0 Å². The highest BCUT2D eigenvalue weighted by Crippen LogP contribution is 2.31. The molecule has 4 aromatic rings. The van der Waals surface area contributed by atoms with Gasteiger partial charge in [0.2, 0.25) is 0 Å². The average Bonchev–Trinajstić information content (AvgIpc) is 2.68. The molecule has 126 valence electrons. The maximum atomic E-state index is 4.94. The Morgan fingerprint density at radius 3 is 1.35 bits per heavy atom. The number of aromatic nitrogens is 1. The van der Waals surface area contributed by atoms with Gasteiger partial charge in [-0.05, 0) is 37.1 Å². The van der Waals surface area contributed by atoms with Crippen molar-refractivity contribution >= 4 is 0 Å². The van der Waals surface area contributed by atoms with Crippen molar-refractivity contribution < 1.29 is 0 Å². The second kappa shape index (κ2) is 6.97. The maximum absolute atomic E-state index is 4.94. The third kappa shape index (κ3) is 3.43. The Labute approximate surface area is 155 Å². The Hall–Kier alpha value is -3.19. The van der Waals surface area contributed by atoms with Gasteiger partial charge in [-0.25, -0.2) is 4.98 Å². The van der Waals surface area contributed by atoms with Crippen LogP contribution in [-0.2, 0) is 0 Å². The fraction of sp³-hybridized carbons (Fsp3) is 0.0800. The molecule has 0 aliphatic rings. The quantitative estimate of drug-likeness (QED) is 0.406. The first-order valence-electron chi connectivity index (χ1n) is 8.91. The van der Waals surface area contributed by atoms with Gasteiger partial charge in [-0.2, -0.15) is 0 Å². The van der Waals surface area contributed by atoms with Gasteiger partial charge in [0.15, 0.2) is 0 Å². The Morgan fingerprint density at radius 2 is 0.885 bits per heavy atom. The Morgan fingerprint density at radius 1 is 0.462 bits per heavy atom. The summed E-state index contributed by atoms with van der Waals surface area (Å²) in [5, 5.41) is 0. The number of aryl methyl sites for hydroxylation is 2. The van der Waals surface area contributed by atoms with Crippen LogP contribution in [0.1, 0.15) is 11.1 Å². The second-order valence-corrected chi connectivity index (χ2v) is 6.73. The lowest BCUT2D eigenvalue weighted by atomic mass is 9.97. The molecule has 0 bridgehead atoms. The van der Waals surface area contributed by atoms with Crippen molar-refractivity contribution in [2.45, 2.75) is 13.8 Å². The number of hydrogen-bond donors (Lipinski definition) is 0. The smallest absolute Gasteiger partial charge is 0.0715 e. The van der Waals surface area contributed by atoms with E-state index in [1.54, 1.807) is 0 Å². The fourth-order valence-electron chi connectivity index (χ4n) is 3.35. The first kappa shape index (κ1) is 16.3. The third-order valence-corrected chi connectivity index (χ3v) is 4.52. The monoisotopic (exact) mass is 335 g/mol. The minimum atomic E-state index is 1.00. The number of hydrogen-bond acceptors (Lipinski definition) is 1. The molecular weight excluding hydrogens is 314 g/mol. The molecule has 0 saturated carbocycles. The number of rotatable bonds is 3. The largest absolute Gasteiger partial charge is 0.248 e. The van der Waals surface area contributed by atoms with Gasteiger partial charge in [-0.1, -0.05) is 90.0 Å². The van der Waals surface area contributed by atoms with Crippen LogP contribution < -0.4 is 0 Å². The molecule has 0 saturated heterocycles. The highest BCUT2D eigenvalue weighted by molar-refractivity contribution is 5.77. The van der Waals surface area contributed by atoms with Crippen molar-refractivity contribution in [2.24, 2.45) is 0 Å². The first-order chi connectivity index (χ1) is 12.7. The molecule has 1 heterocycles. The lowest BCUT2D eigenvalue weighted by Crippen LogP contribution is -1.91. The Balaban J connectivity index is 1.93. The zero-order valence-electron chi connectivity index (χ0n) is 15.1. The molecule has 0 aliphatic heterocycles. The molecule has 1 nitrogen and oxygen atoms in total. The van der Waals surface area contributed by atoms with Gasteiger partial charge in [0.05, 0.1) is 11.4 Å². The highest BCUT2D eigenvalue weighted by atomic mass is 14.7. The molecule has 1 aromatic heterocycles. The summed E-state index contributed by atoms with van der Waals surface area (Å²) in [6.45, 7) is 4.29. The summed E-state index contributed by atoms with van der Waals surface area (Å²) in [7, 11) is 0. The summed E-state index contributed by atoms with van der Waals surface area (Å²) in [6.07, 6.45) is 0. The van der Waals surface area contributed by atoms with Crippen molar-refractivity contribution in [3.8, 4) is 33.6 Å². The van der Waals surface area contributed by atoms with Gasteiger partial charge < -0.3 is 0 Å². The summed E-state index contributed by atoms with van der Waals surface area (Å²) >= 11 is 0. The first-order valence-corrected chi connectivity index (χ1v) is 8.91. The molecule has 4 rings (SSSR count). The number of benzene rings is 3. The highest BCUT2D eigenvalue weighted by Gasteiger charge is 2.09. The van der Waals surface area contributed by atoms with Crippen LogP contribution in [-0.4, -0.2) is 4.98 Å². The van der Waals surface area contributed by atoms with Gasteiger partial charge in [0, 0.05) is 11.1 Å². The topological polar surface area (TPSA) is 12.9 Å². The average molecular weight is 335 g/mol. The summed E-state index contributed by atoms with van der Waals surface area (Å²) in [6, 6.07) is 31.8. The van der Waals surface area contributed by atoms with Gasteiger partial charge in [0.25, 0.3) is 0 Å². The molecule has 0 spiro atoms. The van der Waals surface area contributed by atoms with E-state index in [4.69, 9.17) is 4.98 Å². The normalized spacial score (nSPS) is 10.7. The van der Waals surface area contributed by atoms with Crippen LogP contribution in [0.25, 0.3) is 33.6 Å². The fourth-order valence-corrected chi connectivity index (χ4v) is 3.35. The summed E-state index contributed by atoms with van der Waals surface area (Å²) < 4.78 is 0. The summed E-state index contributed by atoms with van der Waals surface area (Å²) in [5.74, 6) is 0. The lowest BCUT2D eigenvalue weighted by molar-refractivity contribution is 1.32. The van der Waals surface area contributed by atoms with Crippen LogP contribution in [0.2, 0.25) is 0 Å². The van der Waals surface area contributed by atoms with E-state index in [-0.39, 0.29) is 0 Å². The van der Waals surface area contributed by atoms with E-state index in [9.17, 15) is 0 Å². The van der Waals surface area contributed by atoms with Crippen molar-refractivity contribution in [1.82, 2.24) is 4.98 Å². The Kier molecular flexibility index (Phi) is 4.37. The molecule has 0 atom stereocenters. The van der Waals surface area contributed by atoms with Crippen LogP contribution in [0.3, 0.4) is 0 Å². The lowest BCUT2D eigenvalue weighted by Gasteiger charge is -2.11. The van der Waals surface area contributed by atoms with Crippen molar-refractivity contribution in [2.75, 3.05) is 0 Å². The van der Waals surface area contributed by atoms with Crippen LogP contribution >= 0.6 is 0 Å². The van der Waals surface area contributed by atoms with E-state index in [0.717, 1.165) is 22.5 Å². The molecular formula is C25H21N. The molecule has 0 N–H and O–H groups in total. The molecule has 26 heavy (non-hydrogen) atoms. The van der Waals surface area contributed by atoms with Gasteiger partial charge in [-0.3, -0.25) is 0 Å². The van der Waals surface area contributed by atoms with Crippen LogP contribution in [0.4, 0.5) is 0 Å². The molecule has 0 aliphatic carbocycles. The molecule has 0 unspecified atom stereocenters. The van der Waals surface area contributed by atoms with Gasteiger partial charge in [0.1, 0.15) is 0 Å². The SMILES string of the molecule is Cc1cc(C)cc(-c2cc(-c3ccccc3)nc(-c3ccccc3)c2)c1. The second-order valence-electron chi connectivity index (χ2n) is 6.73. The number of pyridine rings is 1. The van der Waals surface area contributed by atoms with E-state index in [2.05, 4.69) is 92.7 Å². The minimum absolute atomic E-state index is 1.00. The molecule has 0 amide bonds. The van der Waals surface area contributed by atoms with Crippen LogP contribution in [0, 0.1) is 13.8 Å². The van der Waals surface area contributed by atoms with E-state index in [1.165, 1.54) is 22.3 Å². The third-order valence-electron chi connectivity index (χ3n) is 4.52. The zero-order valence-corrected chi connectivity index (χ0v) is 15.1. The van der Waals surface area contributed by atoms with Crippen molar-refractivity contribution in [1.29, 1.82) is 0 Å². The molecule has 0 fully saturated rings. The van der Waals surface area contributed by atoms with E-state index < -0.39 is 0 Å². The van der Waals surface area contributed by atoms with Crippen LogP contribution in [0.5, 0.6) is 0 Å². The van der Waals surface area contributed by atoms with Crippen LogP contribution in [0.15, 0.2) is 91.0 Å². The summed E-state index contributed by atoms with van der Waals surface area (Å²) in [4.78, 5) is 4.94. The minimum Gasteiger partial charge on any atom is -0.248 e. The van der Waals surface area contributed by atoms with E-state index >= 15 is 0 Å². The maximum Gasteiger partial charge on any atom is 0.0715 e. The predicted molar refractivity (Wildman–Crippen MR) is 110 cm³/mol. The summed E-state index contributed by atoms with van der Waals surface area (Å²) in [5.41, 5.74) is 9.26. The van der Waals surface area contributed by atoms with Gasteiger partial charge >= 0.3 is 0 Å². The molecule has 1 heteroatoms. The number of nitrogens with zero attached hydrogens (tertiary/aromatic N) is 1. The standard InChI is InChI=1S/C25H21N/c1-18-13-19(2)15-22(14-18)23-16-24(20-9-5-3-6-10-20)26-25(17-23)21-11-7-4-8-12-21/h3-17H,1-2H3. The zero-order chi connectivity index (χ0) is 17.9. The Bertz CT molecular complexity index is 956. The molecule has 0 radical (unpaired) electrons. The van der Waals surface area contributed by atoms with Gasteiger partial charge in [-0.15, -0.1) is 0 Å². The molecule has 3 aromatic carbocycles. The predicted octanol–water partition coefficient (Wildman–Crippen LogP) is 6.70. The van der Waals surface area contributed by atoms with Crippen molar-refractivity contribution in [3.05, 3.63) is 102 Å². The van der Waals surface area contributed by atoms with E-state index in [1.807, 2.05) is 12.1 Å².